The van der Waals surface area contributed by atoms with Crippen molar-refractivity contribution >= 4 is 11.8 Å². The number of benzene rings is 1. The van der Waals surface area contributed by atoms with Crippen LogP contribution in [0.2, 0.25) is 0 Å². The number of aromatic nitrogens is 1. The lowest BCUT2D eigenvalue weighted by atomic mass is 10.1. The Morgan fingerprint density at radius 2 is 2.04 bits per heavy atom. The second-order valence-electron chi connectivity index (χ2n) is 6.07. The van der Waals surface area contributed by atoms with Crippen molar-refractivity contribution in [1.29, 1.82) is 0 Å². The van der Waals surface area contributed by atoms with Crippen LogP contribution in [0.3, 0.4) is 0 Å². The number of nitrogens with one attached hydrogen (secondary N) is 2. The minimum absolute atomic E-state index is 0.252. The zero-order valence-electron chi connectivity index (χ0n) is 14.6. The summed E-state index contributed by atoms with van der Waals surface area (Å²) in [5.74, 6) is 0.620. The Kier molecular flexibility index (Phi) is 6.38. The molecule has 6 nitrogen and oxygen atoms in total. The molecule has 7 heteroatoms. The highest BCUT2D eigenvalue weighted by Gasteiger charge is 2.16. The van der Waals surface area contributed by atoms with E-state index in [0.717, 1.165) is 30.0 Å². The third kappa shape index (κ3) is 5.16. The van der Waals surface area contributed by atoms with Crippen LogP contribution in [0.5, 0.6) is 0 Å². The minimum atomic E-state index is -0.265. The maximum atomic E-state index is 13.1. The van der Waals surface area contributed by atoms with Gasteiger partial charge in [0.2, 0.25) is 0 Å². The van der Waals surface area contributed by atoms with Crippen LogP contribution in [0.15, 0.2) is 42.6 Å². The average molecular weight is 358 g/mol. The van der Waals surface area contributed by atoms with E-state index in [0.29, 0.717) is 32.7 Å². The molecule has 2 heterocycles. The highest BCUT2D eigenvalue weighted by atomic mass is 19.1. The molecule has 0 spiro atoms. The second kappa shape index (κ2) is 9.15. The number of anilines is 1. The number of amides is 2. The topological polar surface area (TPSA) is 66.5 Å². The van der Waals surface area contributed by atoms with Crippen LogP contribution in [-0.4, -0.2) is 43.9 Å². The lowest BCUT2D eigenvalue weighted by Crippen LogP contribution is -2.39. The van der Waals surface area contributed by atoms with Crippen molar-refractivity contribution in [2.75, 3.05) is 37.7 Å². The van der Waals surface area contributed by atoms with E-state index in [1.165, 1.54) is 12.1 Å². The minimum Gasteiger partial charge on any atom is -0.378 e. The molecule has 0 radical (unpaired) electrons. The number of halogens is 1. The molecular formula is C19H23FN4O2. The summed E-state index contributed by atoms with van der Waals surface area (Å²) in [6.07, 6.45) is 2.34. The first-order chi connectivity index (χ1) is 12.7. The predicted molar refractivity (Wildman–Crippen MR) is 97.6 cm³/mol. The summed E-state index contributed by atoms with van der Waals surface area (Å²) in [5.41, 5.74) is 1.82. The summed E-state index contributed by atoms with van der Waals surface area (Å²) in [5, 5.41) is 5.65. The van der Waals surface area contributed by atoms with Gasteiger partial charge in [-0.2, -0.15) is 0 Å². The highest BCUT2D eigenvalue weighted by Crippen LogP contribution is 2.18. The molecule has 1 aliphatic heterocycles. The van der Waals surface area contributed by atoms with Gasteiger partial charge in [0.25, 0.3) is 0 Å². The first-order valence-corrected chi connectivity index (χ1v) is 8.75. The number of carbonyl (C=O) groups is 1. The van der Waals surface area contributed by atoms with Crippen molar-refractivity contribution in [2.45, 2.75) is 13.0 Å². The van der Waals surface area contributed by atoms with Gasteiger partial charge in [0.15, 0.2) is 0 Å². The highest BCUT2D eigenvalue weighted by molar-refractivity contribution is 5.74. The van der Waals surface area contributed by atoms with Crippen molar-refractivity contribution in [3.8, 4) is 0 Å². The molecular weight excluding hydrogens is 335 g/mol. The average Bonchev–Trinajstić information content (AvgIpc) is 2.67. The molecule has 2 N–H and O–H groups in total. The number of nitrogens with zero attached hydrogens (tertiary/aromatic N) is 2. The molecule has 0 atom stereocenters. The van der Waals surface area contributed by atoms with Gasteiger partial charge in [-0.1, -0.05) is 18.2 Å². The van der Waals surface area contributed by atoms with Gasteiger partial charge in [0, 0.05) is 37.9 Å². The summed E-state index contributed by atoms with van der Waals surface area (Å²) in [6, 6.07) is 9.96. The maximum Gasteiger partial charge on any atom is 0.315 e. The van der Waals surface area contributed by atoms with E-state index in [1.807, 2.05) is 18.2 Å². The lowest BCUT2D eigenvalue weighted by Gasteiger charge is -2.29. The van der Waals surface area contributed by atoms with Gasteiger partial charge in [-0.25, -0.2) is 14.2 Å². The standard InChI is InChI=1S/C19H23FN4O2/c20-17-5-1-3-15(13-17)6-8-22-19(25)23-14-16-4-2-7-21-18(16)24-9-11-26-12-10-24/h1-5,7,13H,6,8-12,14H2,(H2,22,23,25). The van der Waals surface area contributed by atoms with Gasteiger partial charge in [-0.05, 0) is 30.2 Å². The molecule has 138 valence electrons. The van der Waals surface area contributed by atoms with Gasteiger partial charge in [-0.15, -0.1) is 0 Å². The van der Waals surface area contributed by atoms with Crippen molar-refractivity contribution in [3.63, 3.8) is 0 Å². The molecule has 26 heavy (non-hydrogen) atoms. The van der Waals surface area contributed by atoms with Crippen molar-refractivity contribution < 1.29 is 13.9 Å². The molecule has 1 saturated heterocycles. The number of morpholine rings is 1. The Morgan fingerprint density at radius 3 is 2.85 bits per heavy atom. The Labute approximate surface area is 152 Å². The van der Waals surface area contributed by atoms with E-state index in [4.69, 9.17) is 4.74 Å². The molecule has 0 unspecified atom stereocenters. The summed E-state index contributed by atoms with van der Waals surface area (Å²) in [7, 11) is 0. The van der Waals surface area contributed by atoms with Crippen molar-refractivity contribution in [3.05, 3.63) is 59.5 Å². The van der Waals surface area contributed by atoms with Crippen LogP contribution in [0, 0.1) is 5.82 Å². The molecule has 0 aliphatic carbocycles. The number of rotatable bonds is 6. The SMILES string of the molecule is O=C(NCCc1cccc(F)c1)NCc1cccnc1N1CCOCC1. The Morgan fingerprint density at radius 1 is 1.19 bits per heavy atom. The Hall–Kier alpha value is -2.67. The molecule has 0 saturated carbocycles. The number of hydrogen-bond donors (Lipinski definition) is 2. The molecule has 2 aromatic rings. The normalized spacial score (nSPS) is 14.1. The largest absolute Gasteiger partial charge is 0.378 e. The third-order valence-electron chi connectivity index (χ3n) is 4.21. The lowest BCUT2D eigenvalue weighted by molar-refractivity contribution is 0.122. The molecule has 1 aliphatic rings. The fourth-order valence-corrected chi connectivity index (χ4v) is 2.88. The molecule has 1 fully saturated rings. The maximum absolute atomic E-state index is 13.1. The zero-order chi connectivity index (χ0) is 18.2. The predicted octanol–water partition coefficient (Wildman–Crippen LogP) is 2.10. The first kappa shape index (κ1) is 18.1. The van der Waals surface area contributed by atoms with Gasteiger partial charge < -0.3 is 20.3 Å². The molecule has 1 aromatic carbocycles. The third-order valence-corrected chi connectivity index (χ3v) is 4.21. The van der Waals surface area contributed by atoms with Crippen molar-refractivity contribution in [2.24, 2.45) is 0 Å². The van der Waals surface area contributed by atoms with Crippen LogP contribution < -0.4 is 15.5 Å². The number of ether oxygens (including phenoxy) is 1. The summed E-state index contributed by atoms with van der Waals surface area (Å²) in [4.78, 5) is 18.6. The van der Waals surface area contributed by atoms with E-state index in [-0.39, 0.29) is 11.8 Å². The summed E-state index contributed by atoms with van der Waals surface area (Å²) < 4.78 is 18.5. The van der Waals surface area contributed by atoms with Crippen LogP contribution in [0.25, 0.3) is 0 Å². The van der Waals surface area contributed by atoms with Crippen LogP contribution in [-0.2, 0) is 17.7 Å². The summed E-state index contributed by atoms with van der Waals surface area (Å²) >= 11 is 0. The number of urea groups is 1. The van der Waals surface area contributed by atoms with Crippen molar-refractivity contribution in [1.82, 2.24) is 15.6 Å². The van der Waals surface area contributed by atoms with Gasteiger partial charge in [0.05, 0.1) is 13.2 Å². The van der Waals surface area contributed by atoms with Gasteiger partial charge >= 0.3 is 6.03 Å². The smallest absolute Gasteiger partial charge is 0.315 e. The van der Waals surface area contributed by atoms with E-state index in [9.17, 15) is 9.18 Å². The van der Waals surface area contributed by atoms with Gasteiger partial charge in [-0.3, -0.25) is 0 Å². The van der Waals surface area contributed by atoms with Gasteiger partial charge in [0.1, 0.15) is 11.6 Å². The second-order valence-corrected chi connectivity index (χ2v) is 6.07. The summed E-state index contributed by atoms with van der Waals surface area (Å²) in [6.45, 7) is 3.80. The van der Waals surface area contributed by atoms with E-state index >= 15 is 0 Å². The zero-order valence-corrected chi connectivity index (χ0v) is 14.6. The molecule has 3 rings (SSSR count). The molecule has 2 amide bonds. The van der Waals surface area contributed by atoms with Crippen LogP contribution >= 0.6 is 0 Å². The quantitative estimate of drug-likeness (QED) is 0.830. The Bertz CT molecular complexity index is 735. The monoisotopic (exact) mass is 358 g/mol. The first-order valence-electron chi connectivity index (χ1n) is 8.75. The van der Waals surface area contributed by atoms with E-state index < -0.39 is 0 Å². The Balaban J connectivity index is 1.47. The van der Waals surface area contributed by atoms with E-state index in [1.54, 1.807) is 12.3 Å². The van der Waals surface area contributed by atoms with Crippen LogP contribution in [0.1, 0.15) is 11.1 Å². The fraction of sp³-hybridized carbons (Fsp3) is 0.368. The fourth-order valence-electron chi connectivity index (χ4n) is 2.88. The molecule has 0 bridgehead atoms. The molecule has 1 aromatic heterocycles. The number of carbonyl (C=O) groups excluding carboxylic acids is 1. The number of hydrogen-bond acceptors (Lipinski definition) is 4. The number of pyridine rings is 1. The van der Waals surface area contributed by atoms with Crippen LogP contribution in [0.4, 0.5) is 15.0 Å². The van der Waals surface area contributed by atoms with E-state index in [2.05, 4.69) is 20.5 Å².